The zero-order valence-corrected chi connectivity index (χ0v) is 7.01. The molecule has 0 saturated carbocycles. The fraction of sp³-hybridized carbons (Fsp3) is 0.400. The predicted molar refractivity (Wildman–Crippen MR) is 48.7 cm³/mol. The van der Waals surface area contributed by atoms with E-state index in [2.05, 4.69) is 37.3 Å². The molecule has 0 heterocycles. The smallest absolute Gasteiger partial charge is 0.0279 e. The molecule has 1 nitrogen and oxygen atoms in total. The molecule has 1 rings (SSSR count). The largest absolute Gasteiger partial charge is 0.412 e. The number of benzene rings is 1. The summed E-state index contributed by atoms with van der Waals surface area (Å²) < 4.78 is 0. The first kappa shape index (κ1) is 10.2. The molecule has 0 amide bonds. The molecule has 1 aromatic carbocycles. The summed E-state index contributed by atoms with van der Waals surface area (Å²) in [4.78, 5) is 0. The highest BCUT2D eigenvalue weighted by Crippen LogP contribution is 2.03. The first-order chi connectivity index (χ1) is 4.93. The fourth-order valence-corrected chi connectivity index (χ4v) is 1.03. The van der Waals surface area contributed by atoms with Crippen LogP contribution in [0.2, 0.25) is 0 Å². The molecular weight excluding hydrogens is 136 g/mol. The van der Waals surface area contributed by atoms with Gasteiger partial charge in [0.1, 0.15) is 0 Å². The van der Waals surface area contributed by atoms with Crippen LogP contribution in [0.3, 0.4) is 0 Å². The molecule has 0 atom stereocenters. The Labute approximate surface area is 68.4 Å². The molecule has 0 fully saturated rings. The molecular formula is C10H16O. The molecule has 1 aromatic rings. The third-order valence-corrected chi connectivity index (χ3v) is 1.66. The highest BCUT2D eigenvalue weighted by atomic mass is 16.0. The second-order valence-electron chi connectivity index (χ2n) is 2.59. The molecule has 0 spiro atoms. The molecule has 0 aromatic heterocycles. The van der Waals surface area contributed by atoms with Crippen LogP contribution >= 0.6 is 0 Å². The van der Waals surface area contributed by atoms with E-state index in [0.717, 1.165) is 0 Å². The second kappa shape index (κ2) is 5.93. The molecule has 2 N–H and O–H groups in total. The first-order valence-electron chi connectivity index (χ1n) is 3.97. The van der Waals surface area contributed by atoms with E-state index in [9.17, 15) is 0 Å². The lowest BCUT2D eigenvalue weighted by molar-refractivity contribution is 0.795. The normalized spacial score (nSPS) is 8.82. The maximum absolute atomic E-state index is 2.23. The molecule has 0 saturated heterocycles. The van der Waals surface area contributed by atoms with Crippen LogP contribution in [0.4, 0.5) is 0 Å². The van der Waals surface area contributed by atoms with E-state index in [1.165, 1.54) is 24.8 Å². The Morgan fingerprint density at radius 3 is 2.27 bits per heavy atom. The van der Waals surface area contributed by atoms with Gasteiger partial charge in [-0.3, -0.25) is 0 Å². The molecule has 0 aliphatic heterocycles. The van der Waals surface area contributed by atoms with Gasteiger partial charge in [0.25, 0.3) is 0 Å². The van der Waals surface area contributed by atoms with Crippen molar-refractivity contribution in [2.45, 2.75) is 26.2 Å². The Hall–Kier alpha value is -0.820. The van der Waals surface area contributed by atoms with Gasteiger partial charge in [-0.1, -0.05) is 43.7 Å². The van der Waals surface area contributed by atoms with Gasteiger partial charge >= 0.3 is 0 Å². The van der Waals surface area contributed by atoms with Crippen molar-refractivity contribution in [3.63, 3.8) is 0 Å². The quantitative estimate of drug-likeness (QED) is 0.636. The summed E-state index contributed by atoms with van der Waals surface area (Å²) in [7, 11) is 0. The minimum atomic E-state index is 0. The number of hydrogen-bond donors (Lipinski definition) is 0. The van der Waals surface area contributed by atoms with Crippen LogP contribution in [-0.4, -0.2) is 5.48 Å². The summed E-state index contributed by atoms with van der Waals surface area (Å²) in [6, 6.07) is 10.6. The van der Waals surface area contributed by atoms with E-state index in [4.69, 9.17) is 0 Å². The van der Waals surface area contributed by atoms with Gasteiger partial charge < -0.3 is 5.48 Å². The molecule has 0 unspecified atom stereocenters. The van der Waals surface area contributed by atoms with Gasteiger partial charge in [0, 0.05) is 0 Å². The summed E-state index contributed by atoms with van der Waals surface area (Å²) in [6.07, 6.45) is 3.83. The predicted octanol–water partition coefficient (Wildman–Crippen LogP) is 2.20. The molecule has 11 heavy (non-hydrogen) atoms. The van der Waals surface area contributed by atoms with Crippen molar-refractivity contribution >= 4 is 0 Å². The van der Waals surface area contributed by atoms with Crippen molar-refractivity contribution in [3.8, 4) is 0 Å². The molecule has 62 valence electrons. The van der Waals surface area contributed by atoms with Gasteiger partial charge in [0.05, 0.1) is 0 Å². The number of hydrogen-bond acceptors (Lipinski definition) is 0. The number of unbranched alkanes of at least 4 members (excludes halogenated alkanes) is 1. The molecule has 0 bridgehead atoms. The monoisotopic (exact) mass is 152 g/mol. The van der Waals surface area contributed by atoms with Gasteiger partial charge in [0.15, 0.2) is 0 Å². The highest BCUT2D eigenvalue weighted by molar-refractivity contribution is 5.14. The Bertz CT molecular complexity index is 169. The lowest BCUT2D eigenvalue weighted by Gasteiger charge is -1.96. The van der Waals surface area contributed by atoms with Crippen LogP contribution in [0.15, 0.2) is 30.3 Å². The third-order valence-electron chi connectivity index (χ3n) is 1.66. The van der Waals surface area contributed by atoms with Crippen LogP contribution in [-0.2, 0) is 6.42 Å². The average molecular weight is 152 g/mol. The van der Waals surface area contributed by atoms with E-state index in [0.29, 0.717) is 0 Å². The summed E-state index contributed by atoms with van der Waals surface area (Å²) >= 11 is 0. The lowest BCUT2D eigenvalue weighted by Crippen LogP contribution is -1.81. The van der Waals surface area contributed by atoms with E-state index in [1.54, 1.807) is 0 Å². The molecule has 0 aliphatic rings. The van der Waals surface area contributed by atoms with E-state index in [1.807, 2.05) is 0 Å². The SMILES string of the molecule is CCCCc1ccccc1.O. The topological polar surface area (TPSA) is 31.5 Å². The van der Waals surface area contributed by atoms with Gasteiger partial charge in [-0.05, 0) is 18.4 Å². The van der Waals surface area contributed by atoms with Gasteiger partial charge in [-0.15, -0.1) is 0 Å². The summed E-state index contributed by atoms with van der Waals surface area (Å²) in [5.74, 6) is 0. The van der Waals surface area contributed by atoms with Gasteiger partial charge in [0.2, 0.25) is 0 Å². The average Bonchev–Trinajstić information content (AvgIpc) is 2.03. The van der Waals surface area contributed by atoms with Crippen LogP contribution in [0.25, 0.3) is 0 Å². The standard InChI is InChI=1S/C10H14.H2O/c1-2-3-7-10-8-5-4-6-9-10;/h4-6,8-9H,2-3,7H2,1H3;1H2. The minimum Gasteiger partial charge on any atom is -0.412 e. The van der Waals surface area contributed by atoms with E-state index in [-0.39, 0.29) is 5.48 Å². The van der Waals surface area contributed by atoms with Crippen molar-refractivity contribution in [2.24, 2.45) is 0 Å². The summed E-state index contributed by atoms with van der Waals surface area (Å²) in [5.41, 5.74) is 1.46. The minimum absolute atomic E-state index is 0. The van der Waals surface area contributed by atoms with Crippen molar-refractivity contribution in [1.29, 1.82) is 0 Å². The Kier molecular flexibility index (Phi) is 5.49. The Morgan fingerprint density at radius 2 is 1.73 bits per heavy atom. The van der Waals surface area contributed by atoms with Crippen molar-refractivity contribution < 1.29 is 5.48 Å². The second-order valence-corrected chi connectivity index (χ2v) is 2.59. The maximum atomic E-state index is 2.23. The zero-order valence-electron chi connectivity index (χ0n) is 7.01. The Morgan fingerprint density at radius 1 is 1.09 bits per heavy atom. The van der Waals surface area contributed by atoms with Crippen LogP contribution in [0.5, 0.6) is 0 Å². The van der Waals surface area contributed by atoms with Crippen molar-refractivity contribution in [2.75, 3.05) is 0 Å². The Balaban J connectivity index is 0.000001000. The highest BCUT2D eigenvalue weighted by Gasteiger charge is 1.87. The van der Waals surface area contributed by atoms with Crippen molar-refractivity contribution in [1.82, 2.24) is 0 Å². The van der Waals surface area contributed by atoms with Gasteiger partial charge in [-0.2, -0.15) is 0 Å². The number of aryl methyl sites for hydroxylation is 1. The number of rotatable bonds is 3. The van der Waals surface area contributed by atoms with E-state index >= 15 is 0 Å². The third kappa shape index (κ3) is 3.79. The lowest BCUT2D eigenvalue weighted by atomic mass is 10.1. The van der Waals surface area contributed by atoms with Crippen LogP contribution in [0, 0.1) is 0 Å². The summed E-state index contributed by atoms with van der Waals surface area (Å²) in [6.45, 7) is 2.23. The van der Waals surface area contributed by atoms with Crippen molar-refractivity contribution in [3.05, 3.63) is 35.9 Å². The van der Waals surface area contributed by atoms with E-state index < -0.39 is 0 Å². The molecule has 1 heteroatoms. The summed E-state index contributed by atoms with van der Waals surface area (Å²) in [5, 5.41) is 0. The van der Waals surface area contributed by atoms with Gasteiger partial charge in [-0.25, -0.2) is 0 Å². The van der Waals surface area contributed by atoms with Crippen LogP contribution < -0.4 is 0 Å². The van der Waals surface area contributed by atoms with Crippen LogP contribution in [0.1, 0.15) is 25.3 Å². The fourth-order valence-electron chi connectivity index (χ4n) is 1.03. The molecule has 0 radical (unpaired) electrons. The maximum Gasteiger partial charge on any atom is -0.0279 e. The molecule has 0 aliphatic carbocycles. The zero-order chi connectivity index (χ0) is 7.23. The first-order valence-corrected chi connectivity index (χ1v) is 3.97.